The molecule has 1 aliphatic heterocycles. The van der Waals surface area contributed by atoms with Gasteiger partial charge in [0.2, 0.25) is 0 Å². The Hall–Kier alpha value is -1.66. The maximum absolute atomic E-state index is 11.7. The molecule has 0 aliphatic carbocycles. The zero-order valence-electron chi connectivity index (χ0n) is 18.7. The standard InChI is InChI=1S/C17H26N4O10P2Si/c1-17(23)13(22)11(8-29-33(27,28)31-32(24,25)26)30-16(17)21-7-10(5-6-34(2,3)4)12-14(18)19-9-20-15(12)21/h7,9,11,13,16,22-23H,8H2,1-4H3,(H,27,28)(H2,18,19,20)(H2,24,25,26)/t11?,13?,16?,17-/m1/s1. The highest BCUT2D eigenvalue weighted by Crippen LogP contribution is 2.58. The molecule has 2 aromatic rings. The fourth-order valence-electron chi connectivity index (χ4n) is 3.34. The van der Waals surface area contributed by atoms with E-state index >= 15 is 0 Å². The van der Waals surface area contributed by atoms with Gasteiger partial charge >= 0.3 is 15.6 Å². The third-order valence-corrected chi connectivity index (χ3v) is 7.86. The van der Waals surface area contributed by atoms with Crippen molar-refractivity contribution in [2.24, 2.45) is 0 Å². The maximum Gasteiger partial charge on any atom is 0.481 e. The second kappa shape index (κ2) is 9.09. The normalized spacial score (nSPS) is 27.4. The first-order chi connectivity index (χ1) is 15.4. The Morgan fingerprint density at radius 2 is 1.94 bits per heavy atom. The number of rotatable bonds is 6. The van der Waals surface area contributed by atoms with Crippen molar-refractivity contribution in [1.82, 2.24) is 14.5 Å². The van der Waals surface area contributed by atoms with Crippen molar-refractivity contribution in [2.75, 3.05) is 12.3 Å². The van der Waals surface area contributed by atoms with Crippen LogP contribution in [0.3, 0.4) is 0 Å². The average Bonchev–Trinajstić information content (AvgIpc) is 3.13. The Bertz CT molecular complexity index is 1240. The van der Waals surface area contributed by atoms with Crippen LogP contribution in [0.25, 0.3) is 11.0 Å². The monoisotopic (exact) mass is 536 g/mol. The molecule has 3 rings (SSSR count). The van der Waals surface area contributed by atoms with Crippen molar-refractivity contribution in [2.45, 2.75) is 50.6 Å². The fraction of sp³-hybridized carbons (Fsp3) is 0.529. The molecule has 1 saturated heterocycles. The van der Waals surface area contributed by atoms with E-state index in [-0.39, 0.29) is 11.5 Å². The van der Waals surface area contributed by atoms with Gasteiger partial charge in [-0.25, -0.2) is 19.1 Å². The van der Waals surface area contributed by atoms with Crippen LogP contribution in [0.1, 0.15) is 18.7 Å². The Balaban J connectivity index is 1.96. The molecular formula is C17H26N4O10P2Si. The van der Waals surface area contributed by atoms with E-state index in [0.29, 0.717) is 10.9 Å². The van der Waals surface area contributed by atoms with Gasteiger partial charge in [-0.15, -0.1) is 5.54 Å². The van der Waals surface area contributed by atoms with Crippen LogP contribution in [0.5, 0.6) is 0 Å². The number of nitrogens with two attached hydrogens (primary N) is 1. The van der Waals surface area contributed by atoms with Crippen LogP contribution >= 0.6 is 15.6 Å². The van der Waals surface area contributed by atoms with Crippen LogP contribution in [0.4, 0.5) is 5.82 Å². The summed E-state index contributed by atoms with van der Waals surface area (Å²) in [5.74, 6) is 3.23. The van der Waals surface area contributed by atoms with Gasteiger partial charge in [-0.05, 0) is 6.92 Å². The number of hydrogen-bond acceptors (Lipinski definition) is 10. The van der Waals surface area contributed by atoms with Gasteiger partial charge in [0.1, 0.15) is 43.7 Å². The lowest BCUT2D eigenvalue weighted by molar-refractivity contribution is -0.0947. The number of phosphoric ester groups is 1. The van der Waals surface area contributed by atoms with Gasteiger partial charge in [0.25, 0.3) is 0 Å². The summed E-state index contributed by atoms with van der Waals surface area (Å²) in [5.41, 5.74) is 8.06. The maximum atomic E-state index is 11.7. The van der Waals surface area contributed by atoms with Crippen LogP contribution < -0.4 is 5.73 Å². The Morgan fingerprint density at radius 1 is 1.29 bits per heavy atom. The van der Waals surface area contributed by atoms with Crippen molar-refractivity contribution in [3.8, 4) is 11.5 Å². The molecule has 0 bridgehead atoms. The predicted octanol–water partition coefficient (Wildman–Crippen LogP) is 0.478. The van der Waals surface area contributed by atoms with Gasteiger partial charge < -0.3 is 39.9 Å². The lowest BCUT2D eigenvalue weighted by Crippen LogP contribution is -2.44. The summed E-state index contributed by atoms with van der Waals surface area (Å²) in [6.45, 7) is 6.61. The molecule has 5 atom stereocenters. The van der Waals surface area contributed by atoms with Gasteiger partial charge in [0.05, 0.1) is 17.6 Å². The van der Waals surface area contributed by atoms with Crippen molar-refractivity contribution in [3.63, 3.8) is 0 Å². The molecule has 1 fully saturated rings. The zero-order chi connectivity index (χ0) is 25.7. The van der Waals surface area contributed by atoms with Crippen LogP contribution in [0.2, 0.25) is 19.6 Å². The number of nitrogens with zero attached hydrogens (tertiary/aromatic N) is 3. The van der Waals surface area contributed by atoms with Crippen LogP contribution in [-0.4, -0.2) is 71.9 Å². The summed E-state index contributed by atoms with van der Waals surface area (Å²) >= 11 is 0. The SMILES string of the molecule is C[C@@]1(O)C(O)C(COP(=O)(O)OP(=O)(O)O)OC1n1cc(C#C[Si](C)(C)C)c2c(N)ncnc21. The van der Waals surface area contributed by atoms with E-state index in [1.807, 2.05) is 0 Å². The first-order valence-electron chi connectivity index (χ1n) is 9.85. The number of aliphatic hydroxyl groups excluding tert-OH is 1. The topological polar surface area (TPSA) is 220 Å². The lowest BCUT2D eigenvalue weighted by atomic mass is 9.96. The Morgan fingerprint density at radius 3 is 2.53 bits per heavy atom. The second-order valence-corrected chi connectivity index (χ2v) is 16.5. The highest BCUT2D eigenvalue weighted by atomic mass is 31.3. The number of aliphatic hydroxyl groups is 2. The molecular weight excluding hydrogens is 510 g/mol. The number of ether oxygens (including phenoxy) is 1. The first-order valence-corrected chi connectivity index (χ1v) is 16.4. The van der Waals surface area contributed by atoms with Crippen molar-refractivity contribution in [1.29, 1.82) is 0 Å². The predicted molar refractivity (Wildman–Crippen MR) is 122 cm³/mol. The number of nitrogen functional groups attached to an aromatic ring is 1. The van der Waals surface area contributed by atoms with E-state index < -0.39 is 54.4 Å². The van der Waals surface area contributed by atoms with Crippen LogP contribution in [-0.2, 0) is 22.7 Å². The summed E-state index contributed by atoms with van der Waals surface area (Å²) in [6.07, 6.45) is -1.52. The number of fused-ring (bicyclic) bond motifs is 1. The molecule has 17 heteroatoms. The molecule has 7 N–H and O–H groups in total. The highest BCUT2D eigenvalue weighted by molar-refractivity contribution is 7.60. The van der Waals surface area contributed by atoms with Gasteiger partial charge in [-0.3, -0.25) is 4.52 Å². The van der Waals surface area contributed by atoms with Crippen LogP contribution in [0, 0.1) is 11.5 Å². The summed E-state index contributed by atoms with van der Waals surface area (Å²) in [6, 6.07) is 0. The Kier molecular flexibility index (Phi) is 7.20. The van der Waals surface area contributed by atoms with E-state index in [9.17, 15) is 24.2 Å². The number of phosphoric acid groups is 2. The minimum atomic E-state index is -5.33. The third kappa shape index (κ3) is 5.93. The first kappa shape index (κ1) is 26.9. The second-order valence-electron chi connectivity index (χ2n) is 8.94. The van der Waals surface area contributed by atoms with Crippen molar-refractivity contribution in [3.05, 3.63) is 18.1 Å². The smallest absolute Gasteiger partial charge is 0.387 e. The molecule has 188 valence electrons. The van der Waals surface area contributed by atoms with Crippen molar-refractivity contribution >= 4 is 40.6 Å². The molecule has 14 nitrogen and oxygen atoms in total. The molecule has 0 spiro atoms. The summed E-state index contributed by atoms with van der Waals surface area (Å²) in [5, 5.41) is 22.1. The molecule has 0 radical (unpaired) electrons. The Labute approximate surface area is 195 Å². The minimum absolute atomic E-state index is 0.150. The van der Waals surface area contributed by atoms with E-state index in [2.05, 4.69) is 49.9 Å². The summed E-state index contributed by atoms with van der Waals surface area (Å²) in [7, 11) is -12.3. The molecule has 0 aromatic carbocycles. The van der Waals surface area contributed by atoms with E-state index in [0.717, 1.165) is 0 Å². The minimum Gasteiger partial charge on any atom is -0.387 e. The van der Waals surface area contributed by atoms with Crippen LogP contribution in [0.15, 0.2) is 12.5 Å². The summed E-state index contributed by atoms with van der Waals surface area (Å²) in [4.78, 5) is 35.1. The number of hydrogen-bond donors (Lipinski definition) is 6. The molecule has 3 heterocycles. The molecule has 0 amide bonds. The number of anilines is 1. The van der Waals surface area contributed by atoms with E-state index in [1.165, 1.54) is 17.8 Å². The fourth-order valence-corrected chi connectivity index (χ4v) is 5.45. The van der Waals surface area contributed by atoms with Gasteiger partial charge in [0.15, 0.2) is 6.23 Å². The molecule has 2 aromatic heterocycles. The quantitative estimate of drug-likeness (QED) is 0.168. The highest BCUT2D eigenvalue weighted by Gasteiger charge is 2.54. The van der Waals surface area contributed by atoms with Gasteiger partial charge in [0, 0.05) is 6.20 Å². The third-order valence-electron chi connectivity index (χ3n) is 4.83. The molecule has 0 saturated carbocycles. The lowest BCUT2D eigenvalue weighted by Gasteiger charge is -2.27. The van der Waals surface area contributed by atoms with E-state index in [4.69, 9.17) is 20.3 Å². The van der Waals surface area contributed by atoms with Crippen molar-refractivity contribution < 1.29 is 47.6 Å². The number of aromatic nitrogens is 3. The zero-order valence-corrected chi connectivity index (χ0v) is 21.5. The molecule has 34 heavy (non-hydrogen) atoms. The largest absolute Gasteiger partial charge is 0.481 e. The average molecular weight is 536 g/mol. The molecule has 1 aliphatic rings. The van der Waals surface area contributed by atoms with Gasteiger partial charge in [-0.2, -0.15) is 4.31 Å². The summed E-state index contributed by atoms with van der Waals surface area (Å²) < 4.78 is 38.0. The van der Waals surface area contributed by atoms with E-state index in [1.54, 1.807) is 6.20 Å². The van der Waals surface area contributed by atoms with Gasteiger partial charge in [-0.1, -0.05) is 25.6 Å². The molecule has 4 unspecified atom stereocenters.